The molecule has 3 rings (SSSR count). The van der Waals surface area contributed by atoms with E-state index in [2.05, 4.69) is 0 Å². The van der Waals surface area contributed by atoms with Crippen LogP contribution in [0.25, 0.3) is 0 Å². The first-order chi connectivity index (χ1) is 17.0. The number of ketones is 1. The summed E-state index contributed by atoms with van der Waals surface area (Å²) in [6.45, 7) is 1.46. The van der Waals surface area contributed by atoms with E-state index in [-0.39, 0.29) is 12.2 Å². The van der Waals surface area contributed by atoms with Crippen LogP contribution in [-0.4, -0.2) is 81.9 Å². The van der Waals surface area contributed by atoms with E-state index in [0.29, 0.717) is 12.0 Å². The van der Waals surface area contributed by atoms with Crippen molar-refractivity contribution in [2.75, 3.05) is 6.61 Å². The summed E-state index contributed by atoms with van der Waals surface area (Å²) in [5.74, 6) is -3.14. The number of hydrogen-bond donors (Lipinski definition) is 3. The Morgan fingerprint density at radius 3 is 2.47 bits per heavy atom. The molecule has 1 aliphatic heterocycles. The second kappa shape index (κ2) is 11.6. The fourth-order valence-corrected chi connectivity index (χ4v) is 3.70. The monoisotopic (exact) mass is 508 g/mol. The van der Waals surface area contributed by atoms with Gasteiger partial charge in [0.05, 0.1) is 0 Å². The number of carbonyl (C=O) groups is 4. The van der Waals surface area contributed by atoms with Crippen LogP contribution in [0.2, 0.25) is 0 Å². The van der Waals surface area contributed by atoms with Crippen molar-refractivity contribution in [2.45, 2.75) is 69.6 Å². The molecule has 36 heavy (non-hydrogen) atoms. The normalized spacial score (nSPS) is 29.8. The lowest BCUT2D eigenvalue weighted by Crippen LogP contribution is -2.61. The molecule has 2 aliphatic rings. The zero-order chi connectivity index (χ0) is 26.5. The lowest BCUT2D eigenvalue weighted by Gasteiger charge is -2.41. The van der Waals surface area contributed by atoms with Crippen LogP contribution in [0.4, 0.5) is 0 Å². The minimum Gasteiger partial charge on any atom is -0.463 e. The van der Waals surface area contributed by atoms with Gasteiger partial charge in [-0.3, -0.25) is 14.4 Å². The van der Waals surface area contributed by atoms with Crippen molar-refractivity contribution in [3.63, 3.8) is 0 Å². The van der Waals surface area contributed by atoms with Gasteiger partial charge in [-0.25, -0.2) is 4.79 Å². The molecule has 0 bridgehead atoms. The van der Waals surface area contributed by atoms with E-state index in [4.69, 9.17) is 23.7 Å². The number of rotatable bonds is 8. The van der Waals surface area contributed by atoms with Crippen molar-refractivity contribution >= 4 is 23.7 Å². The van der Waals surface area contributed by atoms with Crippen LogP contribution in [0.1, 0.15) is 32.3 Å². The van der Waals surface area contributed by atoms with Crippen LogP contribution < -0.4 is 4.74 Å². The number of benzene rings is 1. The molecule has 0 saturated carbocycles. The molecule has 0 radical (unpaired) electrons. The number of aliphatic hydroxyl groups excluding tert-OH is 2. The quantitative estimate of drug-likeness (QED) is 0.181. The Labute approximate surface area is 206 Å². The Bertz CT molecular complexity index is 1020. The van der Waals surface area contributed by atoms with Gasteiger partial charge in [0.1, 0.15) is 37.3 Å². The summed E-state index contributed by atoms with van der Waals surface area (Å²) in [7, 11) is 0. The van der Waals surface area contributed by atoms with Gasteiger partial charge in [0.2, 0.25) is 11.9 Å². The van der Waals surface area contributed by atoms with E-state index >= 15 is 0 Å². The number of allylic oxidation sites excluding steroid dienone is 1. The first-order valence-electron chi connectivity index (χ1n) is 11.2. The third kappa shape index (κ3) is 6.26. The molecule has 12 heteroatoms. The summed E-state index contributed by atoms with van der Waals surface area (Å²) < 4.78 is 26.6. The van der Waals surface area contributed by atoms with Crippen molar-refractivity contribution in [3.05, 3.63) is 42.0 Å². The SMILES string of the molecule is CC(=O)OC[C@H]1O[C@@H](Oc2ccccc2COC(=O)C2(O)C=CCCC2=O)[C@H](OC(C)=O)[C@@H](O)[C@@H]1O. The van der Waals surface area contributed by atoms with E-state index in [1.54, 1.807) is 12.1 Å². The largest absolute Gasteiger partial charge is 0.463 e. The molecule has 1 unspecified atom stereocenters. The van der Waals surface area contributed by atoms with Gasteiger partial charge in [-0.05, 0) is 18.6 Å². The van der Waals surface area contributed by atoms with Crippen molar-refractivity contribution in [1.29, 1.82) is 0 Å². The van der Waals surface area contributed by atoms with Gasteiger partial charge in [-0.15, -0.1) is 0 Å². The number of para-hydroxylation sites is 1. The Morgan fingerprint density at radius 1 is 1.08 bits per heavy atom. The molecule has 1 aromatic rings. The van der Waals surface area contributed by atoms with Crippen molar-refractivity contribution in [1.82, 2.24) is 0 Å². The molecule has 0 aromatic heterocycles. The molecular formula is C24H28O12. The number of ether oxygens (including phenoxy) is 5. The molecule has 12 nitrogen and oxygen atoms in total. The van der Waals surface area contributed by atoms with Crippen molar-refractivity contribution in [2.24, 2.45) is 0 Å². The van der Waals surface area contributed by atoms with Crippen LogP contribution in [0, 0.1) is 0 Å². The number of Topliss-reactive ketones (excluding diaryl/α,β-unsaturated/α-hetero) is 1. The Morgan fingerprint density at radius 2 is 1.81 bits per heavy atom. The van der Waals surface area contributed by atoms with E-state index in [1.165, 1.54) is 18.2 Å². The predicted octanol–water partition coefficient (Wildman–Crippen LogP) is -0.300. The second-order valence-electron chi connectivity index (χ2n) is 8.33. The Kier molecular flexibility index (Phi) is 8.79. The Hall–Kier alpha value is -3.32. The first kappa shape index (κ1) is 27.3. The summed E-state index contributed by atoms with van der Waals surface area (Å²) in [5, 5.41) is 31.3. The van der Waals surface area contributed by atoms with Crippen LogP contribution in [0.5, 0.6) is 5.75 Å². The van der Waals surface area contributed by atoms with Crippen molar-refractivity contribution < 1.29 is 58.2 Å². The minimum atomic E-state index is -2.37. The molecule has 1 aromatic carbocycles. The number of esters is 3. The van der Waals surface area contributed by atoms with E-state index < -0.39 is 73.2 Å². The molecule has 1 heterocycles. The highest BCUT2D eigenvalue weighted by molar-refractivity contribution is 6.09. The highest BCUT2D eigenvalue weighted by Gasteiger charge is 2.48. The fourth-order valence-electron chi connectivity index (χ4n) is 3.70. The maximum Gasteiger partial charge on any atom is 0.350 e. The van der Waals surface area contributed by atoms with Crippen LogP contribution in [0.15, 0.2) is 36.4 Å². The zero-order valence-corrected chi connectivity index (χ0v) is 19.7. The maximum absolute atomic E-state index is 12.5. The van der Waals surface area contributed by atoms with Crippen LogP contribution in [-0.2, 0) is 44.7 Å². The Balaban J connectivity index is 1.78. The van der Waals surface area contributed by atoms with Gasteiger partial charge < -0.3 is 39.0 Å². The average molecular weight is 508 g/mol. The second-order valence-corrected chi connectivity index (χ2v) is 8.33. The molecular weight excluding hydrogens is 480 g/mol. The highest BCUT2D eigenvalue weighted by Crippen LogP contribution is 2.29. The lowest BCUT2D eigenvalue weighted by molar-refractivity contribution is -0.282. The highest BCUT2D eigenvalue weighted by atomic mass is 16.7. The number of carbonyl (C=O) groups excluding carboxylic acids is 4. The smallest absolute Gasteiger partial charge is 0.350 e. The molecule has 6 atom stereocenters. The van der Waals surface area contributed by atoms with E-state index in [1.807, 2.05) is 0 Å². The van der Waals surface area contributed by atoms with Crippen LogP contribution >= 0.6 is 0 Å². The first-order valence-corrected chi connectivity index (χ1v) is 11.2. The summed E-state index contributed by atoms with van der Waals surface area (Å²) in [4.78, 5) is 47.3. The van der Waals surface area contributed by atoms with Gasteiger partial charge in [-0.1, -0.05) is 24.3 Å². The maximum atomic E-state index is 12.5. The molecule has 3 N–H and O–H groups in total. The molecule has 1 fully saturated rings. The van der Waals surface area contributed by atoms with E-state index in [9.17, 15) is 34.5 Å². The molecule has 1 aliphatic carbocycles. The van der Waals surface area contributed by atoms with E-state index in [0.717, 1.165) is 19.9 Å². The zero-order valence-electron chi connectivity index (χ0n) is 19.7. The predicted molar refractivity (Wildman–Crippen MR) is 118 cm³/mol. The average Bonchev–Trinajstić information content (AvgIpc) is 2.83. The summed E-state index contributed by atoms with van der Waals surface area (Å²) >= 11 is 0. The van der Waals surface area contributed by atoms with Gasteiger partial charge in [0, 0.05) is 25.8 Å². The van der Waals surface area contributed by atoms with Gasteiger partial charge in [0.25, 0.3) is 0 Å². The standard InChI is InChI=1S/C24H28O12/c1-13(25)32-12-17-19(28)20(29)21(34-14(2)26)22(36-17)35-16-8-4-3-7-15(16)11-33-23(30)24(31)10-6-5-9-18(24)27/h3-4,6-8,10,17,19-22,28-29,31H,5,9,11-12H2,1-2H3/t17-,19-,20+,21-,22-,24?/m1/s1. The third-order valence-electron chi connectivity index (χ3n) is 5.61. The summed E-state index contributed by atoms with van der Waals surface area (Å²) in [5.41, 5.74) is -2.07. The molecule has 0 amide bonds. The number of hydrogen-bond acceptors (Lipinski definition) is 12. The van der Waals surface area contributed by atoms with Crippen LogP contribution in [0.3, 0.4) is 0 Å². The topological polar surface area (TPSA) is 175 Å². The summed E-state index contributed by atoms with van der Waals surface area (Å²) in [6.07, 6.45) is -4.28. The third-order valence-corrected chi connectivity index (χ3v) is 5.61. The molecule has 1 saturated heterocycles. The van der Waals surface area contributed by atoms with Gasteiger partial charge in [0.15, 0.2) is 11.9 Å². The minimum absolute atomic E-state index is 0.00103. The van der Waals surface area contributed by atoms with Gasteiger partial charge in [-0.2, -0.15) is 0 Å². The fraction of sp³-hybridized carbons (Fsp3) is 0.500. The number of aliphatic hydroxyl groups is 3. The van der Waals surface area contributed by atoms with Crippen molar-refractivity contribution in [3.8, 4) is 5.75 Å². The lowest BCUT2D eigenvalue weighted by atomic mass is 9.90. The summed E-state index contributed by atoms with van der Waals surface area (Å²) in [6, 6.07) is 6.23. The van der Waals surface area contributed by atoms with Gasteiger partial charge >= 0.3 is 17.9 Å². The molecule has 196 valence electrons. The molecule has 0 spiro atoms.